The predicted molar refractivity (Wildman–Crippen MR) is 88.8 cm³/mol. The highest BCUT2D eigenvalue weighted by Crippen LogP contribution is 2.42. The van der Waals surface area contributed by atoms with Gasteiger partial charge in [0, 0.05) is 32.0 Å². The fourth-order valence-electron chi connectivity index (χ4n) is 3.09. The number of alkyl halides is 2. The van der Waals surface area contributed by atoms with Crippen LogP contribution in [0.5, 0.6) is 0 Å². The van der Waals surface area contributed by atoms with Crippen molar-refractivity contribution in [1.82, 2.24) is 19.8 Å². The van der Waals surface area contributed by atoms with Gasteiger partial charge in [-0.15, -0.1) is 0 Å². The maximum Gasteiger partial charge on any atom is 0.351 e. The van der Waals surface area contributed by atoms with Gasteiger partial charge < -0.3 is 31.2 Å². The maximum absolute atomic E-state index is 14.5. The van der Waals surface area contributed by atoms with Crippen LogP contribution in [0.3, 0.4) is 0 Å². The monoisotopic (exact) mass is 370 g/mol. The highest BCUT2D eigenvalue weighted by Gasteiger charge is 2.60. The normalized spacial score (nSPS) is 29.6. The zero-order chi connectivity index (χ0) is 18.9. The number of halogens is 2. The van der Waals surface area contributed by atoms with Crippen molar-refractivity contribution in [1.29, 1.82) is 5.41 Å². The Kier molecular flexibility index (Phi) is 4.92. The second-order valence-corrected chi connectivity index (χ2v) is 6.13. The van der Waals surface area contributed by atoms with Crippen molar-refractivity contribution in [3.8, 4) is 0 Å². The quantitative estimate of drug-likeness (QED) is 0.526. The summed E-state index contributed by atoms with van der Waals surface area (Å²) in [6, 6.07) is 1.21. The smallest absolute Gasteiger partial charge is 0.351 e. The molecule has 26 heavy (non-hydrogen) atoms. The molecule has 0 aliphatic carbocycles. The Morgan fingerprint density at radius 3 is 3.04 bits per heavy atom. The Balaban J connectivity index is 1.83. The topological polar surface area (TPSA) is 129 Å². The summed E-state index contributed by atoms with van der Waals surface area (Å²) in [5.41, 5.74) is 4.40. The fraction of sp³-hybridized carbons (Fsp3) is 0.533. The molecule has 0 amide bonds. The number of ether oxygens (including phenoxy) is 1. The van der Waals surface area contributed by atoms with E-state index in [-0.39, 0.29) is 12.4 Å². The van der Waals surface area contributed by atoms with Crippen molar-refractivity contribution in [2.45, 2.75) is 30.8 Å². The zero-order valence-electron chi connectivity index (χ0n) is 13.8. The standard InChI is InChI=1S/C15H20F2N6O3/c16-15(17)12(24)9(8-22-6-1-5-20-11(22)2-4-18)26-13(15)23-7-3-10(19)21-14(23)25/h2-4,7,9,12-13,18,20,24H,1,5-6,8H2,(H2,19,21,25)/b11-2+,18-4?/t9-,12-,13-/m1/s1. The summed E-state index contributed by atoms with van der Waals surface area (Å²) in [6.07, 6.45) is -0.862. The summed E-state index contributed by atoms with van der Waals surface area (Å²) < 4.78 is 35.1. The number of aliphatic hydroxyl groups excluding tert-OH is 1. The number of anilines is 1. The van der Waals surface area contributed by atoms with E-state index in [1.807, 2.05) is 0 Å². The average molecular weight is 370 g/mol. The summed E-state index contributed by atoms with van der Waals surface area (Å²) in [5, 5.41) is 20.3. The van der Waals surface area contributed by atoms with Gasteiger partial charge >= 0.3 is 11.6 Å². The SMILES string of the molecule is N=C/C=C1\NCCCN1C[C@H]1O[C@@H](n2ccc(N)nc2=O)C(F)(F)[C@@H]1O. The summed E-state index contributed by atoms with van der Waals surface area (Å²) in [5.74, 6) is -3.17. The molecule has 2 fully saturated rings. The van der Waals surface area contributed by atoms with Crippen LogP contribution in [0.25, 0.3) is 0 Å². The molecule has 5 N–H and O–H groups in total. The van der Waals surface area contributed by atoms with Crippen molar-refractivity contribution >= 4 is 12.0 Å². The second-order valence-electron chi connectivity index (χ2n) is 6.13. The van der Waals surface area contributed by atoms with E-state index in [2.05, 4.69) is 10.3 Å². The van der Waals surface area contributed by atoms with Crippen molar-refractivity contribution in [2.75, 3.05) is 25.4 Å². The van der Waals surface area contributed by atoms with E-state index in [1.165, 1.54) is 12.1 Å². The number of rotatable bonds is 4. The predicted octanol–water partition coefficient (Wildman–Crippen LogP) is -0.495. The van der Waals surface area contributed by atoms with Crippen LogP contribution >= 0.6 is 0 Å². The van der Waals surface area contributed by atoms with Crippen LogP contribution in [0.1, 0.15) is 12.6 Å². The number of hydrogen-bond donors (Lipinski definition) is 4. The van der Waals surface area contributed by atoms with Gasteiger partial charge in [-0.3, -0.25) is 4.57 Å². The number of allylic oxidation sites excluding steroid dienone is 1. The van der Waals surface area contributed by atoms with Crippen LogP contribution in [-0.4, -0.2) is 63.5 Å². The number of nitrogen functional groups attached to an aromatic ring is 1. The van der Waals surface area contributed by atoms with Crippen LogP contribution in [0, 0.1) is 5.41 Å². The Labute approximate surface area is 147 Å². The minimum atomic E-state index is -3.68. The number of aliphatic hydroxyl groups is 1. The fourth-order valence-corrected chi connectivity index (χ4v) is 3.09. The first-order valence-corrected chi connectivity index (χ1v) is 8.10. The molecular weight excluding hydrogens is 350 g/mol. The Hall–Kier alpha value is -2.53. The van der Waals surface area contributed by atoms with Crippen LogP contribution in [-0.2, 0) is 4.74 Å². The molecule has 2 aliphatic rings. The molecule has 0 aromatic carbocycles. The minimum Gasteiger partial charge on any atom is -0.384 e. The van der Waals surface area contributed by atoms with Gasteiger partial charge in [0.05, 0.1) is 0 Å². The molecule has 0 spiro atoms. The van der Waals surface area contributed by atoms with E-state index in [4.69, 9.17) is 15.9 Å². The third-order valence-electron chi connectivity index (χ3n) is 4.38. The first-order valence-electron chi connectivity index (χ1n) is 8.10. The van der Waals surface area contributed by atoms with Crippen LogP contribution < -0.4 is 16.7 Å². The molecule has 142 valence electrons. The lowest BCUT2D eigenvalue weighted by Crippen LogP contribution is -2.47. The van der Waals surface area contributed by atoms with Gasteiger partial charge in [0.15, 0.2) is 6.10 Å². The molecule has 3 atom stereocenters. The molecule has 0 saturated carbocycles. The highest BCUT2D eigenvalue weighted by molar-refractivity contribution is 5.68. The first kappa shape index (κ1) is 18.3. The Morgan fingerprint density at radius 2 is 2.35 bits per heavy atom. The first-order chi connectivity index (χ1) is 12.3. The average Bonchev–Trinajstić information content (AvgIpc) is 2.81. The van der Waals surface area contributed by atoms with Crippen molar-refractivity contribution in [3.05, 3.63) is 34.6 Å². The molecule has 0 unspecified atom stereocenters. The van der Waals surface area contributed by atoms with Crippen molar-refractivity contribution in [3.63, 3.8) is 0 Å². The Bertz CT molecular complexity index is 768. The molecule has 3 heterocycles. The highest BCUT2D eigenvalue weighted by atomic mass is 19.3. The van der Waals surface area contributed by atoms with Gasteiger partial charge in [-0.2, -0.15) is 13.8 Å². The molecule has 2 aliphatic heterocycles. The van der Waals surface area contributed by atoms with E-state index in [9.17, 15) is 18.7 Å². The van der Waals surface area contributed by atoms with Gasteiger partial charge in [-0.25, -0.2) is 4.79 Å². The molecule has 3 rings (SSSR count). The molecule has 0 bridgehead atoms. The van der Waals surface area contributed by atoms with Gasteiger partial charge in [0.1, 0.15) is 17.7 Å². The second kappa shape index (κ2) is 7.00. The molecule has 9 nitrogen and oxygen atoms in total. The number of nitrogens with zero attached hydrogens (tertiary/aromatic N) is 3. The van der Waals surface area contributed by atoms with Crippen molar-refractivity contribution < 1.29 is 18.6 Å². The lowest BCUT2D eigenvalue weighted by Gasteiger charge is -2.34. The third kappa shape index (κ3) is 3.27. The van der Waals surface area contributed by atoms with E-state index < -0.39 is 30.0 Å². The van der Waals surface area contributed by atoms with Crippen molar-refractivity contribution in [2.24, 2.45) is 0 Å². The number of aromatic nitrogens is 2. The van der Waals surface area contributed by atoms with E-state index in [1.54, 1.807) is 4.90 Å². The lowest BCUT2D eigenvalue weighted by molar-refractivity contribution is -0.140. The number of nitrogens with one attached hydrogen (secondary N) is 2. The summed E-state index contributed by atoms with van der Waals surface area (Å²) in [7, 11) is 0. The lowest BCUT2D eigenvalue weighted by atomic mass is 10.1. The third-order valence-corrected chi connectivity index (χ3v) is 4.38. The minimum absolute atomic E-state index is 0.0168. The number of hydrogen-bond acceptors (Lipinski definition) is 8. The Morgan fingerprint density at radius 1 is 1.58 bits per heavy atom. The van der Waals surface area contributed by atoms with E-state index in [0.717, 1.165) is 18.8 Å². The maximum atomic E-state index is 14.5. The molecule has 1 aromatic rings. The van der Waals surface area contributed by atoms with Crippen LogP contribution in [0.15, 0.2) is 29.0 Å². The van der Waals surface area contributed by atoms with Gasteiger partial charge in [-0.05, 0) is 18.6 Å². The summed E-state index contributed by atoms with van der Waals surface area (Å²) in [4.78, 5) is 17.0. The van der Waals surface area contributed by atoms with Gasteiger partial charge in [0.2, 0.25) is 6.23 Å². The van der Waals surface area contributed by atoms with Crippen LogP contribution in [0.4, 0.5) is 14.6 Å². The number of nitrogens with two attached hydrogens (primary N) is 1. The van der Waals surface area contributed by atoms with E-state index in [0.29, 0.717) is 23.5 Å². The molecule has 2 saturated heterocycles. The summed E-state index contributed by atoms with van der Waals surface area (Å²) >= 11 is 0. The summed E-state index contributed by atoms with van der Waals surface area (Å²) in [6.45, 7) is 1.26. The van der Waals surface area contributed by atoms with Gasteiger partial charge in [0.25, 0.3) is 0 Å². The molecular formula is C15H20F2N6O3. The zero-order valence-corrected chi connectivity index (χ0v) is 13.8. The largest absolute Gasteiger partial charge is 0.384 e. The molecule has 11 heteroatoms. The molecule has 1 aromatic heterocycles. The van der Waals surface area contributed by atoms with Crippen LogP contribution in [0.2, 0.25) is 0 Å². The molecule has 0 radical (unpaired) electrons. The van der Waals surface area contributed by atoms with E-state index >= 15 is 0 Å². The van der Waals surface area contributed by atoms with Gasteiger partial charge in [-0.1, -0.05) is 0 Å².